The first-order valence-corrected chi connectivity index (χ1v) is 5.39. The van der Waals surface area contributed by atoms with Crippen molar-refractivity contribution >= 4 is 6.21 Å². The molecular weight excluding hydrogens is 207 g/mol. The van der Waals surface area contributed by atoms with E-state index < -0.39 is 0 Å². The van der Waals surface area contributed by atoms with E-state index in [0.717, 1.165) is 6.61 Å². The van der Waals surface area contributed by atoms with E-state index in [2.05, 4.69) is 5.10 Å². The van der Waals surface area contributed by atoms with Crippen LogP contribution in [0, 0.1) is 11.7 Å². The molecule has 4 heteroatoms. The minimum atomic E-state index is -0.270. The van der Waals surface area contributed by atoms with Crippen LogP contribution in [0.2, 0.25) is 0 Å². The summed E-state index contributed by atoms with van der Waals surface area (Å²) in [7, 11) is 0. The fourth-order valence-corrected chi connectivity index (χ4v) is 1.47. The molecule has 0 radical (unpaired) electrons. The van der Waals surface area contributed by atoms with Crippen LogP contribution in [0.15, 0.2) is 23.3 Å². The van der Waals surface area contributed by atoms with Gasteiger partial charge >= 0.3 is 0 Å². The average molecular weight is 222 g/mol. The highest BCUT2D eigenvalue weighted by Crippen LogP contribution is 2.29. The molecule has 1 aliphatic carbocycles. The van der Waals surface area contributed by atoms with Gasteiger partial charge in [0.25, 0.3) is 0 Å². The van der Waals surface area contributed by atoms with Crippen LogP contribution in [0.25, 0.3) is 0 Å². The second-order valence-electron chi connectivity index (χ2n) is 4.09. The van der Waals surface area contributed by atoms with E-state index in [4.69, 9.17) is 10.6 Å². The summed E-state index contributed by atoms with van der Waals surface area (Å²) in [5, 5.41) is 3.35. The SMILES string of the molecule is NN=Cc1ccc(COCC2CC2)c(F)c1. The lowest BCUT2D eigenvalue weighted by Gasteiger charge is -2.05. The molecule has 86 valence electrons. The largest absolute Gasteiger partial charge is 0.376 e. The van der Waals surface area contributed by atoms with Gasteiger partial charge in [-0.15, -0.1) is 0 Å². The third-order valence-corrected chi connectivity index (χ3v) is 2.61. The number of hydrogen-bond donors (Lipinski definition) is 1. The number of hydrogen-bond acceptors (Lipinski definition) is 3. The Bertz CT molecular complexity index is 389. The first kappa shape index (κ1) is 11.1. The first-order valence-electron chi connectivity index (χ1n) is 5.39. The Kier molecular flexibility index (Phi) is 3.51. The van der Waals surface area contributed by atoms with Gasteiger partial charge in [0.1, 0.15) is 5.82 Å². The molecule has 2 rings (SSSR count). The van der Waals surface area contributed by atoms with Gasteiger partial charge in [-0.25, -0.2) is 4.39 Å². The van der Waals surface area contributed by atoms with Crippen LogP contribution >= 0.6 is 0 Å². The lowest BCUT2D eigenvalue weighted by atomic mass is 10.1. The maximum Gasteiger partial charge on any atom is 0.129 e. The molecule has 0 bridgehead atoms. The molecule has 0 spiro atoms. The van der Waals surface area contributed by atoms with E-state index in [1.54, 1.807) is 12.1 Å². The summed E-state index contributed by atoms with van der Waals surface area (Å²) in [6, 6.07) is 4.89. The van der Waals surface area contributed by atoms with Crippen LogP contribution in [0.4, 0.5) is 4.39 Å². The minimum Gasteiger partial charge on any atom is -0.376 e. The predicted molar refractivity (Wildman–Crippen MR) is 60.6 cm³/mol. The normalized spacial score (nSPS) is 15.8. The number of halogens is 1. The van der Waals surface area contributed by atoms with Crippen molar-refractivity contribution in [1.29, 1.82) is 0 Å². The summed E-state index contributed by atoms with van der Waals surface area (Å²) in [6.07, 6.45) is 3.90. The molecule has 0 aliphatic heterocycles. The lowest BCUT2D eigenvalue weighted by Crippen LogP contribution is -2.00. The minimum absolute atomic E-state index is 0.270. The second-order valence-corrected chi connectivity index (χ2v) is 4.09. The molecule has 0 saturated heterocycles. The maximum atomic E-state index is 13.5. The molecular formula is C12H15FN2O. The zero-order valence-corrected chi connectivity index (χ0v) is 9.03. The van der Waals surface area contributed by atoms with E-state index in [0.29, 0.717) is 23.7 Å². The molecule has 0 amide bonds. The monoisotopic (exact) mass is 222 g/mol. The molecule has 1 aromatic rings. The smallest absolute Gasteiger partial charge is 0.129 e. The number of hydrazone groups is 1. The highest BCUT2D eigenvalue weighted by Gasteiger charge is 2.21. The molecule has 1 aromatic carbocycles. The van der Waals surface area contributed by atoms with Gasteiger partial charge in [-0.05, 0) is 30.4 Å². The number of ether oxygens (including phenoxy) is 1. The molecule has 1 fully saturated rings. The molecule has 1 aliphatic rings. The first-order chi connectivity index (χ1) is 7.79. The van der Waals surface area contributed by atoms with Gasteiger partial charge in [-0.2, -0.15) is 5.10 Å². The van der Waals surface area contributed by atoms with Crippen molar-refractivity contribution in [3.8, 4) is 0 Å². The Labute approximate surface area is 94.1 Å². The third-order valence-electron chi connectivity index (χ3n) is 2.61. The molecule has 0 unspecified atom stereocenters. The number of nitrogens with zero attached hydrogens (tertiary/aromatic N) is 1. The van der Waals surface area contributed by atoms with Gasteiger partial charge in [0.2, 0.25) is 0 Å². The Hall–Kier alpha value is -1.42. The van der Waals surface area contributed by atoms with E-state index >= 15 is 0 Å². The van der Waals surface area contributed by atoms with E-state index in [-0.39, 0.29) is 5.82 Å². The molecule has 0 heterocycles. The van der Waals surface area contributed by atoms with Crippen LogP contribution in [-0.4, -0.2) is 12.8 Å². The highest BCUT2D eigenvalue weighted by atomic mass is 19.1. The summed E-state index contributed by atoms with van der Waals surface area (Å²) in [6.45, 7) is 1.08. The molecule has 0 aromatic heterocycles. The van der Waals surface area contributed by atoms with Crippen molar-refractivity contribution in [2.24, 2.45) is 16.9 Å². The molecule has 2 N–H and O–H groups in total. The number of nitrogens with two attached hydrogens (primary N) is 1. The Morgan fingerprint density at radius 1 is 1.50 bits per heavy atom. The van der Waals surface area contributed by atoms with Gasteiger partial charge in [0.05, 0.1) is 12.8 Å². The fourth-order valence-electron chi connectivity index (χ4n) is 1.47. The molecule has 1 saturated carbocycles. The zero-order valence-electron chi connectivity index (χ0n) is 9.03. The van der Waals surface area contributed by atoms with Crippen LogP contribution < -0.4 is 5.84 Å². The van der Waals surface area contributed by atoms with Crippen molar-refractivity contribution < 1.29 is 9.13 Å². The Balaban J connectivity index is 1.92. The number of benzene rings is 1. The van der Waals surface area contributed by atoms with E-state index in [1.165, 1.54) is 25.1 Å². The van der Waals surface area contributed by atoms with Gasteiger partial charge in [0, 0.05) is 12.2 Å². The molecule has 16 heavy (non-hydrogen) atoms. The van der Waals surface area contributed by atoms with Crippen molar-refractivity contribution in [2.75, 3.05) is 6.61 Å². The summed E-state index contributed by atoms with van der Waals surface area (Å²) in [5.41, 5.74) is 1.24. The van der Waals surface area contributed by atoms with E-state index in [9.17, 15) is 4.39 Å². The standard InChI is InChI=1S/C12H15FN2O/c13-12-5-10(6-15-14)3-4-11(12)8-16-7-9-1-2-9/h3-6,9H,1-2,7-8,14H2. The van der Waals surface area contributed by atoms with Crippen molar-refractivity contribution in [3.63, 3.8) is 0 Å². The molecule has 3 nitrogen and oxygen atoms in total. The van der Waals surface area contributed by atoms with Gasteiger partial charge < -0.3 is 10.6 Å². The van der Waals surface area contributed by atoms with Crippen LogP contribution in [0.3, 0.4) is 0 Å². The van der Waals surface area contributed by atoms with Crippen molar-refractivity contribution in [2.45, 2.75) is 19.4 Å². The second kappa shape index (κ2) is 5.07. The van der Waals surface area contributed by atoms with Crippen LogP contribution in [-0.2, 0) is 11.3 Å². The fraction of sp³-hybridized carbons (Fsp3) is 0.417. The van der Waals surface area contributed by atoms with E-state index in [1.807, 2.05) is 0 Å². The average Bonchev–Trinajstić information content (AvgIpc) is 3.06. The van der Waals surface area contributed by atoms with Crippen LogP contribution in [0.1, 0.15) is 24.0 Å². The summed E-state index contributed by atoms with van der Waals surface area (Å²) in [4.78, 5) is 0. The van der Waals surface area contributed by atoms with Crippen molar-refractivity contribution in [3.05, 3.63) is 35.1 Å². The molecule has 0 atom stereocenters. The van der Waals surface area contributed by atoms with Gasteiger partial charge in [-0.1, -0.05) is 12.1 Å². The predicted octanol–water partition coefficient (Wildman–Crippen LogP) is 2.04. The lowest BCUT2D eigenvalue weighted by molar-refractivity contribution is 0.109. The number of rotatable bonds is 5. The zero-order chi connectivity index (χ0) is 11.4. The third kappa shape index (κ3) is 3.03. The van der Waals surface area contributed by atoms with Gasteiger partial charge in [-0.3, -0.25) is 0 Å². The summed E-state index contributed by atoms with van der Waals surface area (Å²) >= 11 is 0. The summed E-state index contributed by atoms with van der Waals surface area (Å²) in [5.74, 6) is 5.42. The Morgan fingerprint density at radius 2 is 2.31 bits per heavy atom. The summed E-state index contributed by atoms with van der Waals surface area (Å²) < 4.78 is 19.0. The van der Waals surface area contributed by atoms with Crippen molar-refractivity contribution in [1.82, 2.24) is 0 Å². The highest BCUT2D eigenvalue weighted by molar-refractivity contribution is 5.79. The maximum absolute atomic E-state index is 13.5. The van der Waals surface area contributed by atoms with Crippen LogP contribution in [0.5, 0.6) is 0 Å². The van der Waals surface area contributed by atoms with Gasteiger partial charge in [0.15, 0.2) is 0 Å². The quantitative estimate of drug-likeness (QED) is 0.471. The topological polar surface area (TPSA) is 47.6 Å². The Morgan fingerprint density at radius 3 is 2.94 bits per heavy atom.